The Balaban J connectivity index is 1.73. The first-order chi connectivity index (χ1) is 10.1. The minimum atomic E-state index is -0.734. The Morgan fingerprint density at radius 2 is 1.90 bits per heavy atom. The number of carboxylic acid groups (broad SMARTS) is 1. The molecule has 21 heavy (non-hydrogen) atoms. The second kappa shape index (κ2) is 7.11. The van der Waals surface area contributed by atoms with Crippen LogP contribution in [0.3, 0.4) is 0 Å². The van der Waals surface area contributed by atoms with Gasteiger partial charge in [-0.05, 0) is 44.2 Å². The van der Waals surface area contributed by atoms with Crippen LogP contribution in [-0.4, -0.2) is 29.6 Å². The second-order valence-corrected chi connectivity index (χ2v) is 5.51. The van der Waals surface area contributed by atoms with E-state index in [0.29, 0.717) is 31.4 Å². The zero-order chi connectivity index (χ0) is 15.2. The summed E-state index contributed by atoms with van der Waals surface area (Å²) >= 11 is 0. The summed E-state index contributed by atoms with van der Waals surface area (Å²) < 4.78 is 5.49. The van der Waals surface area contributed by atoms with E-state index in [0.717, 1.165) is 5.56 Å². The molecule has 0 saturated heterocycles. The predicted molar refractivity (Wildman–Crippen MR) is 78.2 cm³/mol. The van der Waals surface area contributed by atoms with Crippen molar-refractivity contribution in [3.05, 3.63) is 29.8 Å². The van der Waals surface area contributed by atoms with Crippen molar-refractivity contribution in [3.8, 4) is 5.75 Å². The third-order valence-corrected chi connectivity index (χ3v) is 3.89. The van der Waals surface area contributed by atoms with Crippen LogP contribution in [0.25, 0.3) is 0 Å². The largest absolute Gasteiger partial charge is 0.484 e. The highest BCUT2D eigenvalue weighted by Crippen LogP contribution is 2.24. The SMILES string of the molecule is Cc1ccccc1OCC(=O)NC1CCC(C(=O)O)CC1. The van der Waals surface area contributed by atoms with Crippen molar-refractivity contribution in [1.82, 2.24) is 5.32 Å². The summed E-state index contributed by atoms with van der Waals surface area (Å²) in [6, 6.07) is 7.62. The van der Waals surface area contributed by atoms with E-state index >= 15 is 0 Å². The maximum atomic E-state index is 11.9. The molecule has 0 unspecified atom stereocenters. The zero-order valence-electron chi connectivity index (χ0n) is 12.2. The maximum absolute atomic E-state index is 11.9. The van der Waals surface area contributed by atoms with Crippen LogP contribution in [0.4, 0.5) is 0 Å². The Labute approximate surface area is 124 Å². The summed E-state index contributed by atoms with van der Waals surface area (Å²) in [5.74, 6) is -0.441. The topological polar surface area (TPSA) is 75.6 Å². The van der Waals surface area contributed by atoms with Crippen LogP contribution in [0.1, 0.15) is 31.2 Å². The minimum Gasteiger partial charge on any atom is -0.484 e. The summed E-state index contributed by atoms with van der Waals surface area (Å²) in [6.07, 6.45) is 2.68. The second-order valence-electron chi connectivity index (χ2n) is 5.51. The molecule has 0 heterocycles. The van der Waals surface area contributed by atoms with Gasteiger partial charge in [0.05, 0.1) is 5.92 Å². The third kappa shape index (κ3) is 4.48. The van der Waals surface area contributed by atoms with Gasteiger partial charge in [0.2, 0.25) is 0 Å². The summed E-state index contributed by atoms with van der Waals surface area (Å²) in [7, 11) is 0. The molecule has 5 heteroatoms. The highest BCUT2D eigenvalue weighted by molar-refractivity contribution is 5.78. The third-order valence-electron chi connectivity index (χ3n) is 3.89. The van der Waals surface area contributed by atoms with Gasteiger partial charge in [0.15, 0.2) is 6.61 Å². The molecule has 0 aliphatic heterocycles. The van der Waals surface area contributed by atoms with Crippen molar-refractivity contribution < 1.29 is 19.4 Å². The van der Waals surface area contributed by atoms with Crippen molar-refractivity contribution in [3.63, 3.8) is 0 Å². The monoisotopic (exact) mass is 291 g/mol. The van der Waals surface area contributed by atoms with Crippen molar-refractivity contribution in [1.29, 1.82) is 0 Å². The van der Waals surface area contributed by atoms with Crippen molar-refractivity contribution in [2.75, 3.05) is 6.61 Å². The summed E-state index contributed by atoms with van der Waals surface area (Å²) in [6.45, 7) is 1.92. The van der Waals surface area contributed by atoms with Crippen LogP contribution in [0.15, 0.2) is 24.3 Å². The number of ether oxygens (including phenoxy) is 1. The Hall–Kier alpha value is -2.04. The van der Waals surface area contributed by atoms with Crippen LogP contribution in [0.5, 0.6) is 5.75 Å². The number of nitrogens with one attached hydrogen (secondary N) is 1. The number of hydrogen-bond acceptors (Lipinski definition) is 3. The molecule has 1 aromatic rings. The Morgan fingerprint density at radius 1 is 1.24 bits per heavy atom. The number of carbonyl (C=O) groups is 2. The fraction of sp³-hybridized carbons (Fsp3) is 0.500. The number of rotatable bonds is 5. The van der Waals surface area contributed by atoms with Gasteiger partial charge in [0.1, 0.15) is 5.75 Å². The average Bonchev–Trinajstić information content (AvgIpc) is 2.47. The Bertz CT molecular complexity index is 507. The van der Waals surface area contributed by atoms with E-state index in [1.54, 1.807) is 0 Å². The molecule has 2 N–H and O–H groups in total. The molecule has 0 atom stereocenters. The van der Waals surface area contributed by atoms with Crippen molar-refractivity contribution in [2.45, 2.75) is 38.6 Å². The molecule has 1 fully saturated rings. The molecular weight excluding hydrogens is 270 g/mol. The molecule has 0 radical (unpaired) electrons. The number of carboxylic acids is 1. The molecule has 1 aliphatic rings. The quantitative estimate of drug-likeness (QED) is 0.871. The van der Waals surface area contributed by atoms with E-state index in [9.17, 15) is 9.59 Å². The van der Waals surface area contributed by atoms with E-state index in [2.05, 4.69) is 5.32 Å². The maximum Gasteiger partial charge on any atom is 0.306 e. The highest BCUT2D eigenvalue weighted by atomic mass is 16.5. The molecule has 0 spiro atoms. The van der Waals surface area contributed by atoms with E-state index in [-0.39, 0.29) is 24.5 Å². The number of carbonyl (C=O) groups excluding carboxylic acids is 1. The molecule has 0 aromatic heterocycles. The molecule has 1 amide bonds. The number of aliphatic carboxylic acids is 1. The summed E-state index contributed by atoms with van der Waals surface area (Å²) in [4.78, 5) is 22.7. The number of benzene rings is 1. The van der Waals surface area contributed by atoms with Crippen LogP contribution in [-0.2, 0) is 9.59 Å². The van der Waals surface area contributed by atoms with E-state index in [1.165, 1.54) is 0 Å². The first-order valence-electron chi connectivity index (χ1n) is 7.27. The lowest BCUT2D eigenvalue weighted by Crippen LogP contribution is -2.40. The van der Waals surface area contributed by atoms with E-state index in [1.807, 2.05) is 31.2 Å². The number of hydrogen-bond donors (Lipinski definition) is 2. The van der Waals surface area contributed by atoms with Gasteiger partial charge in [-0.1, -0.05) is 18.2 Å². The standard InChI is InChI=1S/C16H21NO4/c1-11-4-2-3-5-14(11)21-10-15(18)17-13-8-6-12(7-9-13)16(19)20/h2-5,12-13H,6-10H2,1H3,(H,17,18)(H,19,20). The lowest BCUT2D eigenvalue weighted by Gasteiger charge is -2.26. The molecule has 1 aromatic carbocycles. The van der Waals surface area contributed by atoms with Crippen LogP contribution in [0, 0.1) is 12.8 Å². The number of para-hydroxylation sites is 1. The summed E-state index contributed by atoms with van der Waals surface area (Å²) in [5.41, 5.74) is 0.993. The molecule has 0 bridgehead atoms. The van der Waals surface area contributed by atoms with Crippen molar-refractivity contribution in [2.24, 2.45) is 5.92 Å². The van der Waals surface area contributed by atoms with Gasteiger partial charge in [-0.15, -0.1) is 0 Å². The number of aryl methyl sites for hydroxylation is 1. The minimum absolute atomic E-state index is 0.0102. The molecule has 1 aliphatic carbocycles. The van der Waals surface area contributed by atoms with Crippen LogP contribution >= 0.6 is 0 Å². The fourth-order valence-corrected chi connectivity index (χ4v) is 2.62. The van der Waals surface area contributed by atoms with Gasteiger partial charge in [-0.25, -0.2) is 0 Å². The van der Waals surface area contributed by atoms with Gasteiger partial charge in [0, 0.05) is 6.04 Å². The van der Waals surface area contributed by atoms with Gasteiger partial charge >= 0.3 is 5.97 Å². The molecule has 2 rings (SSSR count). The van der Waals surface area contributed by atoms with Gasteiger partial charge < -0.3 is 15.2 Å². The van der Waals surface area contributed by atoms with Crippen molar-refractivity contribution >= 4 is 11.9 Å². The highest BCUT2D eigenvalue weighted by Gasteiger charge is 2.26. The normalized spacial score (nSPS) is 21.6. The first-order valence-corrected chi connectivity index (χ1v) is 7.27. The van der Waals surface area contributed by atoms with Crippen LogP contribution < -0.4 is 10.1 Å². The number of amides is 1. The Kier molecular flexibility index (Phi) is 5.20. The fourth-order valence-electron chi connectivity index (χ4n) is 2.62. The lowest BCUT2D eigenvalue weighted by atomic mass is 9.86. The van der Waals surface area contributed by atoms with E-state index < -0.39 is 5.97 Å². The molecular formula is C16H21NO4. The molecule has 5 nitrogen and oxygen atoms in total. The molecule has 114 valence electrons. The zero-order valence-corrected chi connectivity index (χ0v) is 12.2. The summed E-state index contributed by atoms with van der Waals surface area (Å²) in [5, 5.41) is 11.8. The van der Waals surface area contributed by atoms with Crippen LogP contribution in [0.2, 0.25) is 0 Å². The molecule has 1 saturated carbocycles. The predicted octanol–water partition coefficient (Wildman–Crippen LogP) is 2.13. The smallest absolute Gasteiger partial charge is 0.306 e. The lowest BCUT2D eigenvalue weighted by molar-refractivity contribution is -0.142. The first kappa shape index (κ1) is 15.4. The van der Waals surface area contributed by atoms with Gasteiger partial charge in [0.25, 0.3) is 5.91 Å². The van der Waals surface area contributed by atoms with Gasteiger partial charge in [-0.3, -0.25) is 9.59 Å². The van der Waals surface area contributed by atoms with Gasteiger partial charge in [-0.2, -0.15) is 0 Å². The Morgan fingerprint density at radius 3 is 2.52 bits per heavy atom. The van der Waals surface area contributed by atoms with E-state index in [4.69, 9.17) is 9.84 Å². The average molecular weight is 291 g/mol.